The summed E-state index contributed by atoms with van der Waals surface area (Å²) < 4.78 is 5.91. The SMILES string of the molecule is O=C(COc1ccccc1-c1ccccc1)N1CCC(C(=O)N2CCCCC2)CC1. The molecular formula is C25H30N2O3. The second-order valence-corrected chi connectivity index (χ2v) is 8.19. The first-order valence-electron chi connectivity index (χ1n) is 11.1. The molecule has 2 heterocycles. The van der Waals surface area contributed by atoms with E-state index in [4.69, 9.17) is 4.74 Å². The molecule has 0 aromatic heterocycles. The van der Waals surface area contributed by atoms with Crippen LogP contribution in [0.1, 0.15) is 32.1 Å². The fourth-order valence-corrected chi connectivity index (χ4v) is 4.43. The first kappa shape index (κ1) is 20.5. The molecule has 0 atom stereocenters. The van der Waals surface area contributed by atoms with Gasteiger partial charge >= 0.3 is 0 Å². The Balaban J connectivity index is 1.29. The van der Waals surface area contributed by atoms with Crippen LogP contribution in [0.25, 0.3) is 11.1 Å². The van der Waals surface area contributed by atoms with Gasteiger partial charge in [0, 0.05) is 37.7 Å². The van der Waals surface area contributed by atoms with Gasteiger partial charge in [-0.1, -0.05) is 48.5 Å². The summed E-state index contributed by atoms with van der Waals surface area (Å²) in [4.78, 5) is 29.3. The smallest absolute Gasteiger partial charge is 0.260 e. The van der Waals surface area contributed by atoms with Crippen LogP contribution in [-0.2, 0) is 9.59 Å². The van der Waals surface area contributed by atoms with Crippen LogP contribution in [0.4, 0.5) is 0 Å². The molecule has 2 aromatic carbocycles. The lowest BCUT2D eigenvalue weighted by molar-refractivity contribution is -0.142. The van der Waals surface area contributed by atoms with Gasteiger partial charge in [0.25, 0.3) is 5.91 Å². The molecule has 0 aliphatic carbocycles. The summed E-state index contributed by atoms with van der Waals surface area (Å²) in [7, 11) is 0. The highest BCUT2D eigenvalue weighted by Crippen LogP contribution is 2.29. The third-order valence-corrected chi connectivity index (χ3v) is 6.19. The van der Waals surface area contributed by atoms with E-state index >= 15 is 0 Å². The lowest BCUT2D eigenvalue weighted by atomic mass is 9.94. The average Bonchev–Trinajstić information content (AvgIpc) is 2.83. The van der Waals surface area contributed by atoms with Gasteiger partial charge in [-0.2, -0.15) is 0 Å². The number of ether oxygens (including phenoxy) is 1. The molecule has 0 bridgehead atoms. The van der Waals surface area contributed by atoms with Gasteiger partial charge in [0.05, 0.1) is 0 Å². The summed E-state index contributed by atoms with van der Waals surface area (Å²) in [5, 5.41) is 0. The lowest BCUT2D eigenvalue weighted by Crippen LogP contribution is -2.46. The Hall–Kier alpha value is -2.82. The molecule has 5 nitrogen and oxygen atoms in total. The van der Waals surface area contributed by atoms with E-state index < -0.39 is 0 Å². The number of amides is 2. The molecule has 2 fully saturated rings. The van der Waals surface area contributed by atoms with E-state index in [0.29, 0.717) is 18.8 Å². The van der Waals surface area contributed by atoms with E-state index in [0.717, 1.165) is 49.9 Å². The molecule has 2 amide bonds. The maximum Gasteiger partial charge on any atom is 0.260 e. The van der Waals surface area contributed by atoms with Crippen molar-refractivity contribution in [3.63, 3.8) is 0 Å². The van der Waals surface area contributed by atoms with E-state index in [2.05, 4.69) is 0 Å². The number of hydrogen-bond donors (Lipinski definition) is 0. The lowest BCUT2D eigenvalue weighted by Gasteiger charge is -2.35. The molecule has 4 rings (SSSR count). The van der Waals surface area contributed by atoms with Gasteiger partial charge in [-0.3, -0.25) is 9.59 Å². The number of carbonyl (C=O) groups excluding carboxylic acids is 2. The van der Waals surface area contributed by atoms with Gasteiger partial charge in [0.2, 0.25) is 5.91 Å². The number of para-hydroxylation sites is 1. The topological polar surface area (TPSA) is 49.9 Å². The number of hydrogen-bond acceptors (Lipinski definition) is 3. The van der Waals surface area contributed by atoms with Crippen molar-refractivity contribution in [1.82, 2.24) is 9.80 Å². The average molecular weight is 407 g/mol. The van der Waals surface area contributed by atoms with Crippen molar-refractivity contribution in [2.24, 2.45) is 5.92 Å². The van der Waals surface area contributed by atoms with Crippen LogP contribution >= 0.6 is 0 Å². The van der Waals surface area contributed by atoms with Crippen molar-refractivity contribution in [1.29, 1.82) is 0 Å². The third-order valence-electron chi connectivity index (χ3n) is 6.19. The minimum absolute atomic E-state index is 0.0123. The monoisotopic (exact) mass is 406 g/mol. The highest BCUT2D eigenvalue weighted by Gasteiger charge is 2.30. The van der Waals surface area contributed by atoms with Crippen LogP contribution < -0.4 is 4.74 Å². The third kappa shape index (κ3) is 4.84. The van der Waals surface area contributed by atoms with Crippen LogP contribution in [0.2, 0.25) is 0 Å². The summed E-state index contributed by atoms with van der Waals surface area (Å²) >= 11 is 0. The van der Waals surface area contributed by atoms with Crippen LogP contribution in [0.3, 0.4) is 0 Å². The normalized spacial score (nSPS) is 17.6. The Labute approximate surface area is 178 Å². The molecular weight excluding hydrogens is 376 g/mol. The Morgan fingerprint density at radius 2 is 1.47 bits per heavy atom. The quantitative estimate of drug-likeness (QED) is 0.755. The molecule has 158 valence electrons. The molecule has 5 heteroatoms. The van der Waals surface area contributed by atoms with E-state index in [9.17, 15) is 9.59 Å². The highest BCUT2D eigenvalue weighted by atomic mass is 16.5. The maximum absolute atomic E-state index is 12.7. The zero-order chi connectivity index (χ0) is 20.8. The van der Waals surface area contributed by atoms with Crippen molar-refractivity contribution in [2.45, 2.75) is 32.1 Å². The zero-order valence-corrected chi connectivity index (χ0v) is 17.5. The number of likely N-dealkylation sites (tertiary alicyclic amines) is 2. The second kappa shape index (κ2) is 9.79. The fraction of sp³-hybridized carbons (Fsp3) is 0.440. The number of benzene rings is 2. The number of rotatable bonds is 5. The molecule has 2 saturated heterocycles. The van der Waals surface area contributed by atoms with E-state index in [1.54, 1.807) is 0 Å². The van der Waals surface area contributed by atoms with Gasteiger partial charge in [-0.05, 0) is 43.7 Å². The van der Waals surface area contributed by atoms with E-state index in [1.807, 2.05) is 64.4 Å². The minimum atomic E-state index is -0.0123. The first-order valence-corrected chi connectivity index (χ1v) is 11.1. The van der Waals surface area contributed by atoms with Gasteiger partial charge < -0.3 is 14.5 Å². The summed E-state index contributed by atoms with van der Waals surface area (Å²) in [5.41, 5.74) is 2.05. The van der Waals surface area contributed by atoms with Crippen molar-refractivity contribution in [3.05, 3.63) is 54.6 Å². The first-order chi connectivity index (χ1) is 14.7. The van der Waals surface area contributed by atoms with Crippen molar-refractivity contribution in [2.75, 3.05) is 32.8 Å². The Morgan fingerprint density at radius 1 is 0.800 bits per heavy atom. The standard InChI is InChI=1S/C25H30N2O3/c28-24(19-30-23-12-6-5-11-22(23)20-9-3-1-4-10-20)26-17-13-21(14-18-26)25(29)27-15-7-2-8-16-27/h1,3-6,9-12,21H,2,7-8,13-19H2. The van der Waals surface area contributed by atoms with Crippen LogP contribution in [0.15, 0.2) is 54.6 Å². The maximum atomic E-state index is 12.7. The molecule has 0 radical (unpaired) electrons. The molecule has 2 aliphatic rings. The zero-order valence-electron chi connectivity index (χ0n) is 17.5. The van der Waals surface area contributed by atoms with Crippen molar-refractivity contribution >= 4 is 11.8 Å². The second-order valence-electron chi connectivity index (χ2n) is 8.19. The minimum Gasteiger partial charge on any atom is -0.483 e. The number of nitrogens with zero attached hydrogens (tertiary/aromatic N) is 2. The largest absolute Gasteiger partial charge is 0.483 e. The highest BCUT2D eigenvalue weighted by molar-refractivity contribution is 5.81. The summed E-state index contributed by atoms with van der Waals surface area (Å²) in [6.45, 7) is 3.08. The summed E-state index contributed by atoms with van der Waals surface area (Å²) in [6, 6.07) is 17.8. The molecule has 2 aromatic rings. The Kier molecular flexibility index (Phi) is 6.67. The van der Waals surface area contributed by atoms with E-state index in [1.165, 1.54) is 6.42 Å². The van der Waals surface area contributed by atoms with Gasteiger partial charge in [0.15, 0.2) is 6.61 Å². The van der Waals surface area contributed by atoms with Crippen molar-refractivity contribution < 1.29 is 14.3 Å². The van der Waals surface area contributed by atoms with Gasteiger partial charge in [0.1, 0.15) is 5.75 Å². The van der Waals surface area contributed by atoms with Crippen LogP contribution in [0, 0.1) is 5.92 Å². The molecule has 0 unspecified atom stereocenters. The van der Waals surface area contributed by atoms with Gasteiger partial charge in [-0.25, -0.2) is 0 Å². The molecule has 0 spiro atoms. The van der Waals surface area contributed by atoms with Crippen LogP contribution in [0.5, 0.6) is 5.75 Å². The molecule has 0 saturated carbocycles. The molecule has 0 N–H and O–H groups in total. The summed E-state index contributed by atoms with van der Waals surface area (Å²) in [5.74, 6) is 1.05. The Bertz CT molecular complexity index is 854. The number of piperidine rings is 2. The summed E-state index contributed by atoms with van der Waals surface area (Å²) in [6.07, 6.45) is 4.96. The fourth-order valence-electron chi connectivity index (χ4n) is 4.43. The van der Waals surface area contributed by atoms with E-state index in [-0.39, 0.29) is 24.3 Å². The molecule has 30 heavy (non-hydrogen) atoms. The Morgan fingerprint density at radius 3 is 2.20 bits per heavy atom. The number of carbonyl (C=O) groups is 2. The predicted molar refractivity (Wildman–Crippen MR) is 117 cm³/mol. The van der Waals surface area contributed by atoms with Gasteiger partial charge in [-0.15, -0.1) is 0 Å². The molecule has 2 aliphatic heterocycles. The predicted octanol–water partition coefficient (Wildman–Crippen LogP) is 3.98. The van der Waals surface area contributed by atoms with Crippen LogP contribution in [-0.4, -0.2) is 54.4 Å². The van der Waals surface area contributed by atoms with Crippen molar-refractivity contribution in [3.8, 4) is 16.9 Å².